The van der Waals surface area contributed by atoms with Crippen LogP contribution in [-0.2, 0) is 10.0 Å². The van der Waals surface area contributed by atoms with Crippen LogP contribution in [0.4, 0.5) is 0 Å². The van der Waals surface area contributed by atoms with Crippen molar-refractivity contribution in [1.82, 2.24) is 4.72 Å². The van der Waals surface area contributed by atoms with E-state index in [1.165, 1.54) is 12.1 Å². The molecule has 0 fully saturated rings. The molecule has 0 saturated carbocycles. The fourth-order valence-corrected chi connectivity index (χ4v) is 2.84. The highest BCUT2D eigenvalue weighted by molar-refractivity contribution is 7.89. The van der Waals surface area contributed by atoms with Crippen LogP contribution in [0.3, 0.4) is 0 Å². The van der Waals surface area contributed by atoms with Crippen molar-refractivity contribution in [2.24, 2.45) is 5.73 Å². The van der Waals surface area contributed by atoms with Gasteiger partial charge in [0.2, 0.25) is 10.0 Å². The predicted octanol–water partition coefficient (Wildman–Crippen LogP) is 0.505. The van der Waals surface area contributed by atoms with Crippen LogP contribution in [0, 0.1) is 0 Å². The molecular formula is C11H17ClN2O4S. The first-order valence-corrected chi connectivity index (χ1v) is 7.13. The fraction of sp³-hybridized carbons (Fsp3) is 0.455. The standard InChI is InChI=1S/C11H16N2O4S.ClH/c1-8(7-12)13-18(14,15)9-2-3-10-11(6-9)17-5-4-16-10;/h2-3,6,8,13H,4-5,7,12H2,1H3;1H/t8-;/m1./s1. The van der Waals surface area contributed by atoms with Gasteiger partial charge in [0.05, 0.1) is 4.90 Å². The van der Waals surface area contributed by atoms with E-state index >= 15 is 0 Å². The number of nitrogens with two attached hydrogens (primary N) is 1. The Hall–Kier alpha value is -1.02. The molecule has 1 aliphatic rings. The van der Waals surface area contributed by atoms with Crippen LogP contribution < -0.4 is 19.9 Å². The number of hydrogen-bond acceptors (Lipinski definition) is 5. The van der Waals surface area contributed by atoms with Crippen LogP contribution in [0.25, 0.3) is 0 Å². The van der Waals surface area contributed by atoms with Gasteiger partial charge in [0.1, 0.15) is 13.2 Å². The third-order valence-corrected chi connectivity index (χ3v) is 4.12. The summed E-state index contributed by atoms with van der Waals surface area (Å²) in [6.07, 6.45) is 0. The number of benzene rings is 1. The van der Waals surface area contributed by atoms with Crippen LogP contribution in [-0.4, -0.2) is 34.2 Å². The van der Waals surface area contributed by atoms with Crippen molar-refractivity contribution < 1.29 is 17.9 Å². The Morgan fingerprint density at radius 2 is 1.95 bits per heavy atom. The summed E-state index contributed by atoms with van der Waals surface area (Å²) in [6, 6.07) is 4.22. The van der Waals surface area contributed by atoms with Gasteiger partial charge in [-0.15, -0.1) is 12.4 Å². The maximum atomic E-state index is 12.0. The van der Waals surface area contributed by atoms with E-state index in [1.807, 2.05) is 0 Å². The van der Waals surface area contributed by atoms with Gasteiger partial charge >= 0.3 is 0 Å². The molecule has 0 spiro atoms. The summed E-state index contributed by atoms with van der Waals surface area (Å²) in [5.74, 6) is 1.01. The second-order valence-electron chi connectivity index (χ2n) is 4.06. The van der Waals surface area contributed by atoms with Crippen molar-refractivity contribution >= 4 is 22.4 Å². The zero-order valence-corrected chi connectivity index (χ0v) is 12.1. The first-order chi connectivity index (χ1) is 8.53. The van der Waals surface area contributed by atoms with Crippen molar-refractivity contribution in [2.75, 3.05) is 19.8 Å². The molecule has 0 radical (unpaired) electrons. The van der Waals surface area contributed by atoms with Gasteiger partial charge in [0.25, 0.3) is 0 Å². The summed E-state index contributed by atoms with van der Waals surface area (Å²) in [6.45, 7) is 2.84. The monoisotopic (exact) mass is 308 g/mol. The lowest BCUT2D eigenvalue weighted by molar-refractivity contribution is 0.171. The molecule has 0 unspecified atom stereocenters. The number of halogens is 1. The molecule has 2 rings (SSSR count). The molecular weight excluding hydrogens is 292 g/mol. The Labute approximate surface area is 118 Å². The van der Waals surface area contributed by atoms with Crippen molar-refractivity contribution in [3.8, 4) is 11.5 Å². The van der Waals surface area contributed by atoms with Crippen molar-refractivity contribution in [1.29, 1.82) is 0 Å². The molecule has 8 heteroatoms. The van der Waals surface area contributed by atoms with Crippen molar-refractivity contribution in [3.63, 3.8) is 0 Å². The molecule has 0 bridgehead atoms. The van der Waals surface area contributed by atoms with Crippen LogP contribution in [0.1, 0.15) is 6.92 Å². The molecule has 1 heterocycles. The summed E-state index contributed by atoms with van der Waals surface area (Å²) in [7, 11) is -3.57. The zero-order valence-electron chi connectivity index (χ0n) is 10.5. The molecule has 0 saturated heterocycles. The SMILES string of the molecule is C[C@H](CN)NS(=O)(=O)c1ccc2c(c1)OCCO2.Cl. The number of fused-ring (bicyclic) bond motifs is 1. The van der Waals surface area contributed by atoms with Crippen LogP contribution >= 0.6 is 12.4 Å². The lowest BCUT2D eigenvalue weighted by Crippen LogP contribution is -2.37. The summed E-state index contributed by atoms with van der Waals surface area (Å²) in [5.41, 5.74) is 5.40. The van der Waals surface area contributed by atoms with E-state index in [2.05, 4.69) is 4.72 Å². The molecule has 108 valence electrons. The van der Waals surface area contributed by atoms with Gasteiger partial charge in [-0.2, -0.15) is 0 Å². The quantitative estimate of drug-likeness (QED) is 0.845. The molecule has 0 aliphatic carbocycles. The maximum absolute atomic E-state index is 12.0. The van der Waals surface area contributed by atoms with E-state index in [1.54, 1.807) is 13.0 Å². The van der Waals surface area contributed by atoms with Crippen LogP contribution in [0.2, 0.25) is 0 Å². The normalized spacial score (nSPS) is 15.5. The van der Waals surface area contributed by atoms with Gasteiger partial charge in [-0.1, -0.05) is 0 Å². The van der Waals surface area contributed by atoms with Crippen molar-refractivity contribution in [3.05, 3.63) is 18.2 Å². The first kappa shape index (κ1) is 16.0. The Morgan fingerprint density at radius 3 is 2.58 bits per heavy atom. The van der Waals surface area contributed by atoms with Gasteiger partial charge in [-0.25, -0.2) is 13.1 Å². The van der Waals surface area contributed by atoms with Gasteiger partial charge in [-0.05, 0) is 19.1 Å². The number of hydrogen-bond donors (Lipinski definition) is 2. The molecule has 1 aliphatic heterocycles. The van der Waals surface area contributed by atoms with E-state index in [0.29, 0.717) is 24.7 Å². The molecule has 1 aromatic carbocycles. The molecule has 0 amide bonds. The number of ether oxygens (including phenoxy) is 2. The number of nitrogens with one attached hydrogen (secondary N) is 1. The average Bonchev–Trinajstić information content (AvgIpc) is 2.37. The van der Waals surface area contributed by atoms with Gasteiger partial charge in [0.15, 0.2) is 11.5 Å². The molecule has 6 nitrogen and oxygen atoms in total. The molecule has 19 heavy (non-hydrogen) atoms. The Bertz CT molecular complexity index is 535. The molecule has 1 aromatic rings. The van der Waals surface area contributed by atoms with E-state index in [-0.39, 0.29) is 29.9 Å². The summed E-state index contributed by atoms with van der Waals surface area (Å²) in [5, 5.41) is 0. The minimum atomic E-state index is -3.57. The summed E-state index contributed by atoms with van der Waals surface area (Å²) < 4.78 is 37.2. The lowest BCUT2D eigenvalue weighted by atomic mass is 10.3. The number of sulfonamides is 1. The fourth-order valence-electron chi connectivity index (χ4n) is 1.57. The minimum Gasteiger partial charge on any atom is -0.486 e. The average molecular weight is 309 g/mol. The maximum Gasteiger partial charge on any atom is 0.240 e. The smallest absolute Gasteiger partial charge is 0.240 e. The predicted molar refractivity (Wildman–Crippen MR) is 73.5 cm³/mol. The van der Waals surface area contributed by atoms with E-state index in [0.717, 1.165) is 0 Å². The second kappa shape index (κ2) is 6.42. The highest BCUT2D eigenvalue weighted by Crippen LogP contribution is 2.32. The Kier molecular flexibility index (Phi) is 5.42. The van der Waals surface area contributed by atoms with Crippen molar-refractivity contribution in [2.45, 2.75) is 17.9 Å². The summed E-state index contributed by atoms with van der Waals surface area (Å²) >= 11 is 0. The van der Waals surface area contributed by atoms with Crippen LogP contribution in [0.15, 0.2) is 23.1 Å². The van der Waals surface area contributed by atoms with Gasteiger partial charge in [0, 0.05) is 18.7 Å². The molecule has 3 N–H and O–H groups in total. The lowest BCUT2D eigenvalue weighted by Gasteiger charge is -2.19. The Morgan fingerprint density at radius 1 is 1.32 bits per heavy atom. The highest BCUT2D eigenvalue weighted by Gasteiger charge is 2.20. The van der Waals surface area contributed by atoms with Gasteiger partial charge in [-0.3, -0.25) is 0 Å². The second-order valence-corrected chi connectivity index (χ2v) is 5.78. The molecule has 1 atom stereocenters. The topological polar surface area (TPSA) is 90.7 Å². The minimum absolute atomic E-state index is 0. The third kappa shape index (κ3) is 3.73. The first-order valence-electron chi connectivity index (χ1n) is 5.65. The van der Waals surface area contributed by atoms with Crippen LogP contribution in [0.5, 0.6) is 11.5 Å². The summed E-state index contributed by atoms with van der Waals surface area (Å²) in [4.78, 5) is 0.145. The zero-order chi connectivity index (χ0) is 13.2. The van der Waals surface area contributed by atoms with E-state index in [9.17, 15) is 8.42 Å². The van der Waals surface area contributed by atoms with Gasteiger partial charge < -0.3 is 15.2 Å². The van der Waals surface area contributed by atoms with E-state index < -0.39 is 10.0 Å². The van der Waals surface area contributed by atoms with E-state index in [4.69, 9.17) is 15.2 Å². The largest absolute Gasteiger partial charge is 0.486 e. The third-order valence-electron chi connectivity index (χ3n) is 2.53. The Balaban J connectivity index is 0.00000180. The molecule has 0 aromatic heterocycles. The highest BCUT2D eigenvalue weighted by atomic mass is 35.5. The number of rotatable bonds is 4.